The van der Waals surface area contributed by atoms with E-state index < -0.39 is 23.3 Å². The van der Waals surface area contributed by atoms with Gasteiger partial charge in [-0.2, -0.15) is 0 Å². The molecule has 1 aliphatic heterocycles. The number of likely N-dealkylation sites (N-methyl/N-ethyl adjacent to an activating group) is 1. The van der Waals surface area contributed by atoms with E-state index in [1.165, 1.54) is 5.57 Å². The summed E-state index contributed by atoms with van der Waals surface area (Å²) in [6, 6.07) is 7.58. The molecule has 8 N–H and O–H groups in total. The van der Waals surface area contributed by atoms with Gasteiger partial charge in [0.15, 0.2) is 5.78 Å². The molecule has 2 saturated carbocycles. The van der Waals surface area contributed by atoms with E-state index in [0.29, 0.717) is 57.1 Å². The molecule has 278 valence electrons. The molecular weight excluding hydrogens is 638 g/mol. The lowest BCUT2D eigenvalue weighted by molar-refractivity contribution is -0.167. The molecule has 8 nitrogen and oxygen atoms in total. The van der Waals surface area contributed by atoms with Gasteiger partial charge in [-0.15, -0.1) is 0 Å². The monoisotopic (exact) mass is 699 g/mol. The van der Waals surface area contributed by atoms with Crippen molar-refractivity contribution in [2.24, 2.45) is 28.7 Å². The van der Waals surface area contributed by atoms with Gasteiger partial charge in [0.05, 0.1) is 24.5 Å². The Bertz CT molecular complexity index is 1570. The van der Waals surface area contributed by atoms with Crippen LogP contribution >= 0.6 is 0 Å². The van der Waals surface area contributed by atoms with Gasteiger partial charge < -0.3 is 36.8 Å². The fraction of sp³-hybridized carbons (Fsp3) is 0.558. The van der Waals surface area contributed by atoms with Crippen LogP contribution in [-0.2, 0) is 16.0 Å². The molecule has 0 amide bonds. The van der Waals surface area contributed by atoms with E-state index in [1.54, 1.807) is 0 Å². The Morgan fingerprint density at radius 2 is 2.02 bits per heavy atom. The standard InChI is InChI=1S/C43H61N3O5/c1-6-46-38-19-18-29(2)12-7-8-25-51-28-34(16-9-13-30(38)3)36-21-23-43(40(36)49)37(17-11-24-47)35(20-22-42(43,5)50)31(4)39(48)27-32-14-10-15-33(26-32)41(44)45/h9-10,13-16,18,26,36-38,40-41,46-47,49-50H,3,6,11-12,17,19-25,27-28,44-45H2,1-2,4-5H3/b13-9+,29-18-,34-16+,35-31+/t36-,37-,38+,40-,42-,43-/m1/s1. The molecule has 0 saturated heterocycles. The maximum atomic E-state index is 13.9. The van der Waals surface area contributed by atoms with Gasteiger partial charge in [0.2, 0.25) is 0 Å². The summed E-state index contributed by atoms with van der Waals surface area (Å²) in [6.45, 7) is 13.6. The lowest BCUT2D eigenvalue weighted by Gasteiger charge is -2.55. The van der Waals surface area contributed by atoms with Crippen LogP contribution in [-0.4, -0.2) is 65.2 Å². The summed E-state index contributed by atoms with van der Waals surface area (Å²) in [4.78, 5) is 13.9. The molecule has 1 heterocycles. The normalized spacial score (nSPS) is 32.9. The van der Waals surface area contributed by atoms with Crippen molar-refractivity contribution < 1.29 is 24.9 Å². The summed E-state index contributed by atoms with van der Waals surface area (Å²) < 4.78 is 6.09. The van der Waals surface area contributed by atoms with Crippen LogP contribution in [0.5, 0.6) is 0 Å². The second kappa shape index (κ2) is 18.6. The average molecular weight is 700 g/mol. The molecular formula is C43H61N3O5. The summed E-state index contributed by atoms with van der Waals surface area (Å²) in [6.07, 6.45) is 11.7. The van der Waals surface area contributed by atoms with Crippen molar-refractivity contribution in [1.29, 1.82) is 0 Å². The summed E-state index contributed by atoms with van der Waals surface area (Å²) >= 11 is 0. The summed E-state index contributed by atoms with van der Waals surface area (Å²) in [5.74, 6) is 5.79. The molecule has 0 unspecified atom stereocenters. The number of nitrogens with two attached hydrogens (primary N) is 2. The average Bonchev–Trinajstić information content (AvgIpc) is 3.44. The number of aliphatic hydroxyl groups excluding tert-OH is 2. The van der Waals surface area contributed by atoms with Gasteiger partial charge in [-0.1, -0.05) is 85.1 Å². The van der Waals surface area contributed by atoms with E-state index in [2.05, 4.69) is 43.7 Å². The number of carbonyl (C=O) groups is 1. The molecule has 6 atom stereocenters. The number of ether oxygens (including phenoxy) is 1. The molecule has 1 aromatic carbocycles. The molecule has 1 spiro atoms. The molecule has 2 aliphatic carbocycles. The highest BCUT2D eigenvalue weighted by Crippen LogP contribution is 2.63. The van der Waals surface area contributed by atoms with Crippen molar-refractivity contribution in [1.82, 2.24) is 5.32 Å². The number of ketones is 1. The SMILES string of the molecule is C=C1/C=C/C=C(/[C@H]2CC[C@@]3([C@H](CCCO)/C(=C(\C)C(=O)Cc4cccc(C(N)N)c4)CC[C@@]3(C)O)[C@@H]2O)COCC#CC/C(C)=C\C[C@@H]1NCC. The Morgan fingerprint density at radius 1 is 1.24 bits per heavy atom. The first-order chi connectivity index (χ1) is 24.4. The number of benzene rings is 1. The maximum Gasteiger partial charge on any atom is 0.162 e. The zero-order valence-corrected chi connectivity index (χ0v) is 31.2. The largest absolute Gasteiger partial charge is 0.396 e. The minimum Gasteiger partial charge on any atom is -0.396 e. The van der Waals surface area contributed by atoms with Crippen molar-refractivity contribution in [2.75, 3.05) is 26.4 Å². The third-order valence-corrected chi connectivity index (χ3v) is 11.6. The molecule has 4 rings (SSSR count). The number of hydrogen-bond acceptors (Lipinski definition) is 8. The van der Waals surface area contributed by atoms with Crippen molar-refractivity contribution >= 4 is 5.78 Å². The first kappa shape index (κ1) is 40.6. The second-order valence-corrected chi connectivity index (χ2v) is 14.9. The predicted molar refractivity (Wildman–Crippen MR) is 205 cm³/mol. The molecule has 0 aromatic heterocycles. The molecule has 3 aliphatic rings. The third kappa shape index (κ3) is 9.65. The minimum atomic E-state index is -1.19. The number of hydrogen-bond donors (Lipinski definition) is 6. The first-order valence-electron chi connectivity index (χ1n) is 18.7. The van der Waals surface area contributed by atoms with Crippen molar-refractivity contribution in [3.8, 4) is 11.8 Å². The fourth-order valence-corrected chi connectivity index (χ4v) is 8.64. The van der Waals surface area contributed by atoms with Crippen molar-refractivity contribution in [2.45, 2.75) is 109 Å². The number of carbonyl (C=O) groups excluding carboxylic acids is 1. The number of nitrogens with one attached hydrogen (secondary N) is 1. The number of aliphatic hydroxyl groups is 3. The molecule has 0 bridgehead atoms. The molecule has 8 heteroatoms. The number of rotatable bonds is 10. The highest BCUT2D eigenvalue weighted by Gasteiger charge is 2.64. The van der Waals surface area contributed by atoms with E-state index in [9.17, 15) is 20.1 Å². The van der Waals surface area contributed by atoms with Crippen LogP contribution in [0.15, 0.2) is 83.0 Å². The van der Waals surface area contributed by atoms with Crippen LogP contribution in [0.1, 0.15) is 96.4 Å². The van der Waals surface area contributed by atoms with E-state index in [1.807, 2.05) is 56.3 Å². The van der Waals surface area contributed by atoms with Gasteiger partial charge in [-0.05, 0) is 106 Å². The van der Waals surface area contributed by atoms with E-state index in [0.717, 1.165) is 40.8 Å². The van der Waals surface area contributed by atoms with E-state index in [4.69, 9.17) is 16.2 Å². The maximum absolute atomic E-state index is 13.9. The van der Waals surface area contributed by atoms with Crippen LogP contribution in [0.4, 0.5) is 0 Å². The molecule has 0 radical (unpaired) electrons. The highest BCUT2D eigenvalue weighted by molar-refractivity contribution is 5.97. The third-order valence-electron chi connectivity index (χ3n) is 11.6. The van der Waals surface area contributed by atoms with Gasteiger partial charge in [0.25, 0.3) is 0 Å². The van der Waals surface area contributed by atoms with E-state index >= 15 is 0 Å². The van der Waals surface area contributed by atoms with Crippen molar-refractivity contribution in [3.63, 3.8) is 0 Å². The van der Waals surface area contributed by atoms with Gasteiger partial charge in [-0.25, -0.2) is 0 Å². The number of allylic oxidation sites excluding steroid dienone is 5. The molecule has 1 aromatic rings. The Balaban J connectivity index is 1.70. The summed E-state index contributed by atoms with van der Waals surface area (Å²) in [5.41, 5.74) is 16.0. The minimum absolute atomic E-state index is 0.00634. The Labute approximate surface area is 305 Å². The zero-order valence-electron chi connectivity index (χ0n) is 31.2. The molecule has 2 fully saturated rings. The Morgan fingerprint density at radius 3 is 2.75 bits per heavy atom. The lowest BCUT2D eigenvalue weighted by Crippen LogP contribution is -2.59. The van der Waals surface area contributed by atoms with Crippen LogP contribution in [0, 0.1) is 29.1 Å². The van der Waals surface area contributed by atoms with E-state index in [-0.39, 0.29) is 43.3 Å². The zero-order chi connectivity index (χ0) is 37.2. The van der Waals surface area contributed by atoms with Crippen LogP contribution in [0.25, 0.3) is 0 Å². The highest BCUT2D eigenvalue weighted by atomic mass is 16.5. The Kier molecular flexibility index (Phi) is 14.8. The van der Waals surface area contributed by atoms with Crippen LogP contribution in [0.2, 0.25) is 0 Å². The lowest BCUT2D eigenvalue weighted by atomic mass is 9.52. The van der Waals surface area contributed by atoms with Crippen LogP contribution in [0.3, 0.4) is 0 Å². The topological polar surface area (TPSA) is 151 Å². The predicted octanol–water partition coefficient (Wildman–Crippen LogP) is 5.50. The quantitative estimate of drug-likeness (QED) is 0.0812. The summed E-state index contributed by atoms with van der Waals surface area (Å²) in [5, 5.41) is 38.3. The first-order valence-corrected chi connectivity index (χ1v) is 18.7. The van der Waals surface area contributed by atoms with Gasteiger partial charge in [-0.3, -0.25) is 4.79 Å². The van der Waals surface area contributed by atoms with Crippen molar-refractivity contribution in [3.05, 3.63) is 94.1 Å². The van der Waals surface area contributed by atoms with Crippen LogP contribution < -0.4 is 16.8 Å². The second-order valence-electron chi connectivity index (χ2n) is 14.9. The summed E-state index contributed by atoms with van der Waals surface area (Å²) in [7, 11) is 0. The number of Topliss-reactive ketones (excluding diaryl/α,β-unsaturated/α-hetero) is 1. The fourth-order valence-electron chi connectivity index (χ4n) is 8.64. The van der Waals surface area contributed by atoms with Gasteiger partial charge >= 0.3 is 0 Å². The Hall–Kier alpha value is -3.13. The molecule has 51 heavy (non-hydrogen) atoms. The smallest absolute Gasteiger partial charge is 0.162 e. The van der Waals surface area contributed by atoms with Gasteiger partial charge in [0.1, 0.15) is 6.61 Å². The van der Waals surface area contributed by atoms with Gasteiger partial charge in [0, 0.05) is 36.8 Å².